The highest BCUT2D eigenvalue weighted by atomic mass is 79.9. The number of nitrogens with one attached hydrogen (secondary N) is 2. The van der Waals surface area contributed by atoms with Crippen LogP contribution in [0, 0.1) is 16.6 Å². The average molecular weight is 328 g/mol. The Morgan fingerprint density at radius 3 is 2.74 bits per heavy atom. The molecule has 1 aromatic heterocycles. The van der Waals surface area contributed by atoms with E-state index < -0.39 is 23.1 Å². The largest absolute Gasteiger partial charge is 0.446 e. The van der Waals surface area contributed by atoms with Crippen LogP contribution in [-0.4, -0.2) is 21.3 Å². The molecule has 0 amide bonds. The molecule has 19 heavy (non-hydrogen) atoms. The molecule has 0 atom stereocenters. The minimum absolute atomic E-state index is 0.137. The van der Waals surface area contributed by atoms with Crippen molar-refractivity contribution < 1.29 is 8.91 Å². The van der Waals surface area contributed by atoms with Crippen molar-refractivity contribution in [3.05, 3.63) is 44.9 Å². The lowest BCUT2D eigenvalue weighted by molar-refractivity contribution is 0.382. The van der Waals surface area contributed by atoms with E-state index in [1.807, 2.05) is 0 Å². The number of aromatic nitrogens is 2. The molecule has 0 aliphatic rings. The molecule has 0 aliphatic carbocycles. The lowest BCUT2D eigenvalue weighted by atomic mass is 10.2. The zero-order valence-corrected chi connectivity index (χ0v) is 10.9. The molecule has 1 aromatic carbocycles. The molecule has 0 radical (unpaired) electrons. The second-order valence-corrected chi connectivity index (χ2v) is 4.35. The number of halogens is 2. The Bertz CT molecular complexity index is 736. The van der Waals surface area contributed by atoms with Gasteiger partial charge in [0.05, 0.1) is 10.2 Å². The van der Waals surface area contributed by atoms with Gasteiger partial charge in [0.25, 0.3) is 0 Å². The van der Waals surface area contributed by atoms with Crippen molar-refractivity contribution in [2.75, 3.05) is 0 Å². The predicted octanol–water partition coefficient (Wildman–Crippen LogP) is 1.03. The van der Waals surface area contributed by atoms with Crippen LogP contribution in [0.4, 0.5) is 4.39 Å². The van der Waals surface area contributed by atoms with Gasteiger partial charge < -0.3 is 5.73 Å². The first-order chi connectivity index (χ1) is 8.91. The Hall–Kier alpha value is -2.29. The number of nitrogens with two attached hydrogens (primary N) is 1. The summed E-state index contributed by atoms with van der Waals surface area (Å²) < 4.78 is 18.7. The van der Waals surface area contributed by atoms with E-state index in [4.69, 9.17) is 16.6 Å². The smallest absolute Gasteiger partial charge is 0.382 e. The summed E-state index contributed by atoms with van der Waals surface area (Å²) >= 11 is 2.98. The number of benzene rings is 1. The van der Waals surface area contributed by atoms with Crippen molar-refractivity contribution in [3.8, 4) is 5.69 Å². The Labute approximate surface area is 114 Å². The average Bonchev–Trinajstić information content (AvgIpc) is 2.73. The second kappa shape index (κ2) is 4.76. The molecule has 0 saturated carbocycles. The Morgan fingerprint density at radius 2 is 2.16 bits per heavy atom. The van der Waals surface area contributed by atoms with E-state index in [2.05, 4.69) is 25.6 Å². The van der Waals surface area contributed by atoms with Crippen molar-refractivity contribution in [2.24, 2.45) is 5.73 Å². The summed E-state index contributed by atoms with van der Waals surface area (Å²) in [4.78, 5) is 11.6. The van der Waals surface area contributed by atoms with E-state index in [0.29, 0.717) is 0 Å². The van der Waals surface area contributed by atoms with Crippen LogP contribution in [-0.2, 0) is 0 Å². The van der Waals surface area contributed by atoms with Gasteiger partial charge in [-0.25, -0.2) is 13.8 Å². The Balaban J connectivity index is 2.65. The van der Waals surface area contributed by atoms with Gasteiger partial charge in [-0.15, -0.1) is 0 Å². The fourth-order valence-corrected chi connectivity index (χ4v) is 1.75. The molecule has 0 unspecified atom stereocenters. The number of hydrogen-bond donors (Lipinski definition) is 3. The van der Waals surface area contributed by atoms with Gasteiger partial charge >= 0.3 is 5.76 Å². The fourth-order valence-electron chi connectivity index (χ4n) is 1.38. The molecule has 0 aliphatic heterocycles. The van der Waals surface area contributed by atoms with Crippen LogP contribution in [0.3, 0.4) is 0 Å². The number of nitrogens with zero attached hydrogens (tertiary/aromatic N) is 2. The summed E-state index contributed by atoms with van der Waals surface area (Å²) in [6, 6.07) is 3.78. The van der Waals surface area contributed by atoms with Crippen molar-refractivity contribution in [1.82, 2.24) is 9.72 Å². The van der Waals surface area contributed by atoms with Crippen LogP contribution in [0.15, 0.2) is 32.0 Å². The summed E-state index contributed by atoms with van der Waals surface area (Å²) in [7, 11) is 0. The van der Waals surface area contributed by atoms with E-state index in [0.717, 1.165) is 10.6 Å². The standard InChI is InChI=1S/C10H7BrFN5O2/c11-5-3-4(1-2-6(5)12)17-9(7(13)8(14)15)16-19-10(17)18/h1-3,13H,(H3,14,15). The molecular weight excluding hydrogens is 321 g/mol. The van der Waals surface area contributed by atoms with Crippen molar-refractivity contribution in [1.29, 1.82) is 10.8 Å². The third kappa shape index (κ3) is 2.32. The van der Waals surface area contributed by atoms with Gasteiger partial charge in [-0.2, -0.15) is 0 Å². The van der Waals surface area contributed by atoms with Crippen LogP contribution in [0.25, 0.3) is 5.69 Å². The normalized spacial score (nSPS) is 10.4. The Kier molecular flexibility index (Phi) is 3.30. The zero-order chi connectivity index (χ0) is 14.2. The molecule has 0 bridgehead atoms. The van der Waals surface area contributed by atoms with Crippen LogP contribution in [0.2, 0.25) is 0 Å². The van der Waals surface area contributed by atoms with Crippen LogP contribution in [0.1, 0.15) is 5.82 Å². The molecule has 0 spiro atoms. The molecule has 2 rings (SSSR count). The zero-order valence-electron chi connectivity index (χ0n) is 9.28. The Morgan fingerprint density at radius 1 is 1.47 bits per heavy atom. The maximum absolute atomic E-state index is 13.2. The van der Waals surface area contributed by atoms with Gasteiger partial charge in [0, 0.05) is 0 Å². The molecule has 0 saturated heterocycles. The number of rotatable bonds is 3. The van der Waals surface area contributed by atoms with Crippen molar-refractivity contribution >= 4 is 27.5 Å². The third-order valence-electron chi connectivity index (χ3n) is 2.26. The van der Waals surface area contributed by atoms with Crippen LogP contribution in [0.5, 0.6) is 0 Å². The van der Waals surface area contributed by atoms with Crippen molar-refractivity contribution in [2.45, 2.75) is 0 Å². The molecular formula is C10H7BrFN5O2. The van der Waals surface area contributed by atoms with E-state index in [-0.39, 0.29) is 16.0 Å². The topological polar surface area (TPSA) is 122 Å². The van der Waals surface area contributed by atoms with Gasteiger partial charge in [-0.1, -0.05) is 5.16 Å². The quantitative estimate of drug-likeness (QED) is 0.575. The highest BCUT2D eigenvalue weighted by Gasteiger charge is 2.19. The molecule has 4 N–H and O–H groups in total. The van der Waals surface area contributed by atoms with Gasteiger partial charge in [-0.05, 0) is 34.1 Å². The molecule has 9 heteroatoms. The summed E-state index contributed by atoms with van der Waals surface area (Å²) in [5, 5.41) is 18.1. The molecule has 98 valence electrons. The second-order valence-electron chi connectivity index (χ2n) is 3.49. The summed E-state index contributed by atoms with van der Waals surface area (Å²) in [6.45, 7) is 0. The fraction of sp³-hybridized carbons (Fsp3) is 0. The van der Waals surface area contributed by atoms with Crippen LogP contribution < -0.4 is 11.5 Å². The third-order valence-corrected chi connectivity index (χ3v) is 2.87. The number of hydrogen-bond acceptors (Lipinski definition) is 5. The lowest BCUT2D eigenvalue weighted by Crippen LogP contribution is -2.27. The molecule has 0 fully saturated rings. The van der Waals surface area contributed by atoms with E-state index >= 15 is 0 Å². The highest BCUT2D eigenvalue weighted by molar-refractivity contribution is 9.10. The first-order valence-electron chi connectivity index (χ1n) is 4.89. The molecule has 2 aromatic rings. The predicted molar refractivity (Wildman–Crippen MR) is 68.5 cm³/mol. The lowest BCUT2D eigenvalue weighted by Gasteiger charge is -2.05. The monoisotopic (exact) mass is 327 g/mol. The van der Waals surface area contributed by atoms with Crippen molar-refractivity contribution in [3.63, 3.8) is 0 Å². The minimum Gasteiger partial charge on any atom is -0.382 e. The van der Waals surface area contributed by atoms with Gasteiger partial charge in [0.15, 0.2) is 0 Å². The summed E-state index contributed by atoms with van der Waals surface area (Å²) in [6.07, 6.45) is 0. The maximum atomic E-state index is 13.2. The summed E-state index contributed by atoms with van der Waals surface area (Å²) in [5.41, 5.74) is 4.94. The van der Waals surface area contributed by atoms with E-state index in [9.17, 15) is 9.18 Å². The van der Waals surface area contributed by atoms with Gasteiger partial charge in [-0.3, -0.25) is 15.3 Å². The number of amidine groups is 1. The SMILES string of the molecule is N=C(N)C(=N)c1noc(=O)n1-c1ccc(F)c(Br)c1. The van der Waals surface area contributed by atoms with E-state index in [1.54, 1.807) is 0 Å². The highest BCUT2D eigenvalue weighted by Crippen LogP contribution is 2.19. The summed E-state index contributed by atoms with van der Waals surface area (Å²) in [5.74, 6) is -2.16. The maximum Gasteiger partial charge on any atom is 0.446 e. The molecule has 7 nitrogen and oxygen atoms in total. The van der Waals surface area contributed by atoms with Gasteiger partial charge in [0.2, 0.25) is 5.82 Å². The minimum atomic E-state index is -0.862. The first-order valence-corrected chi connectivity index (χ1v) is 5.68. The van der Waals surface area contributed by atoms with Gasteiger partial charge in [0.1, 0.15) is 17.4 Å². The van der Waals surface area contributed by atoms with Crippen LogP contribution >= 0.6 is 15.9 Å². The van der Waals surface area contributed by atoms with E-state index in [1.165, 1.54) is 12.1 Å². The first kappa shape index (κ1) is 13.1. The molecule has 1 heterocycles.